The summed E-state index contributed by atoms with van der Waals surface area (Å²) in [7, 11) is 0. The van der Waals surface area contributed by atoms with Crippen molar-refractivity contribution in [3.63, 3.8) is 0 Å². The quantitative estimate of drug-likeness (QED) is 0.900. The molecule has 0 spiro atoms. The van der Waals surface area contributed by atoms with Gasteiger partial charge in [-0.1, -0.05) is 22.4 Å². The lowest BCUT2D eigenvalue weighted by atomic mass is 10.1. The van der Waals surface area contributed by atoms with Gasteiger partial charge in [-0.25, -0.2) is 0 Å². The van der Waals surface area contributed by atoms with Crippen molar-refractivity contribution < 1.29 is 4.74 Å². The van der Waals surface area contributed by atoms with E-state index in [0.717, 1.165) is 30.6 Å². The average molecular weight is 342 g/mol. The third-order valence-corrected chi connectivity index (χ3v) is 5.76. The zero-order chi connectivity index (χ0) is 13.2. The fourth-order valence-corrected chi connectivity index (χ4v) is 4.68. The van der Waals surface area contributed by atoms with E-state index in [1.54, 1.807) is 0 Å². The predicted octanol–water partition coefficient (Wildman–Crippen LogP) is 3.76. The maximum absolute atomic E-state index is 5.79. The fraction of sp³-hybridized carbons (Fsp3) is 0.600. The summed E-state index contributed by atoms with van der Waals surface area (Å²) >= 11 is 5.61. The van der Waals surface area contributed by atoms with Gasteiger partial charge in [-0.15, -0.1) is 0 Å². The van der Waals surface area contributed by atoms with Crippen LogP contribution in [-0.4, -0.2) is 24.2 Å². The first kappa shape index (κ1) is 13.8. The molecule has 1 aliphatic heterocycles. The van der Waals surface area contributed by atoms with Gasteiger partial charge in [0.05, 0.1) is 6.61 Å². The van der Waals surface area contributed by atoms with E-state index in [4.69, 9.17) is 4.74 Å². The Morgan fingerprint density at radius 2 is 2.32 bits per heavy atom. The van der Waals surface area contributed by atoms with E-state index in [0.29, 0.717) is 6.04 Å². The molecule has 2 atom stereocenters. The lowest BCUT2D eigenvalue weighted by molar-refractivity contribution is 0.351. The second-order valence-corrected chi connectivity index (χ2v) is 7.34. The van der Waals surface area contributed by atoms with Crippen LogP contribution in [0.2, 0.25) is 0 Å². The molecule has 1 aliphatic carbocycles. The normalized spacial score (nSPS) is 25.4. The summed E-state index contributed by atoms with van der Waals surface area (Å²) in [5, 5.41) is 4.51. The first-order chi connectivity index (χ1) is 9.28. The SMILES string of the molecule is CSC1CCCC1NCc1cc(Br)cc2c1OCC2. The summed E-state index contributed by atoms with van der Waals surface area (Å²) in [5.41, 5.74) is 2.65. The van der Waals surface area contributed by atoms with Crippen molar-refractivity contribution in [3.05, 3.63) is 27.7 Å². The van der Waals surface area contributed by atoms with Crippen LogP contribution < -0.4 is 10.1 Å². The highest BCUT2D eigenvalue weighted by Gasteiger charge is 2.26. The number of benzene rings is 1. The Kier molecular flexibility index (Phi) is 4.40. The molecule has 1 fully saturated rings. The number of nitrogens with one attached hydrogen (secondary N) is 1. The Labute approximate surface area is 127 Å². The molecular formula is C15H20BrNOS. The third-order valence-electron chi connectivity index (χ3n) is 4.14. The molecule has 0 saturated heterocycles. The zero-order valence-electron chi connectivity index (χ0n) is 11.2. The molecule has 1 saturated carbocycles. The molecule has 1 aromatic carbocycles. The molecule has 2 nitrogen and oxygen atoms in total. The lowest BCUT2D eigenvalue weighted by Gasteiger charge is -2.20. The van der Waals surface area contributed by atoms with Crippen LogP contribution in [-0.2, 0) is 13.0 Å². The molecule has 104 valence electrons. The average Bonchev–Trinajstić information content (AvgIpc) is 3.03. The minimum atomic E-state index is 0.658. The minimum Gasteiger partial charge on any atom is -0.493 e. The molecule has 0 amide bonds. The largest absolute Gasteiger partial charge is 0.493 e. The summed E-state index contributed by atoms with van der Waals surface area (Å²) in [6.45, 7) is 1.75. The molecule has 1 N–H and O–H groups in total. The Morgan fingerprint density at radius 1 is 1.42 bits per heavy atom. The number of ether oxygens (including phenoxy) is 1. The van der Waals surface area contributed by atoms with Gasteiger partial charge in [0.15, 0.2) is 0 Å². The fourth-order valence-electron chi connectivity index (χ4n) is 3.16. The second-order valence-electron chi connectivity index (χ2n) is 5.34. The Morgan fingerprint density at radius 3 is 3.16 bits per heavy atom. The van der Waals surface area contributed by atoms with Gasteiger partial charge < -0.3 is 10.1 Å². The van der Waals surface area contributed by atoms with Crippen LogP contribution in [0.15, 0.2) is 16.6 Å². The zero-order valence-corrected chi connectivity index (χ0v) is 13.6. The van der Waals surface area contributed by atoms with E-state index < -0.39 is 0 Å². The molecule has 2 aliphatic rings. The van der Waals surface area contributed by atoms with Gasteiger partial charge in [0.1, 0.15) is 5.75 Å². The number of fused-ring (bicyclic) bond motifs is 1. The van der Waals surface area contributed by atoms with Crippen molar-refractivity contribution in [3.8, 4) is 5.75 Å². The topological polar surface area (TPSA) is 21.3 Å². The van der Waals surface area contributed by atoms with Crippen molar-refractivity contribution >= 4 is 27.7 Å². The van der Waals surface area contributed by atoms with Gasteiger partial charge in [0.2, 0.25) is 0 Å². The van der Waals surface area contributed by atoms with E-state index in [9.17, 15) is 0 Å². The van der Waals surface area contributed by atoms with Gasteiger partial charge in [0.25, 0.3) is 0 Å². The molecule has 0 bridgehead atoms. The highest BCUT2D eigenvalue weighted by Crippen LogP contribution is 2.34. The van der Waals surface area contributed by atoms with Crippen molar-refractivity contribution in [2.45, 2.75) is 43.5 Å². The number of hydrogen-bond acceptors (Lipinski definition) is 3. The van der Waals surface area contributed by atoms with Gasteiger partial charge in [-0.3, -0.25) is 0 Å². The Balaban J connectivity index is 1.70. The molecule has 0 radical (unpaired) electrons. The molecule has 3 rings (SSSR count). The minimum absolute atomic E-state index is 0.658. The maximum atomic E-state index is 5.79. The van der Waals surface area contributed by atoms with E-state index >= 15 is 0 Å². The van der Waals surface area contributed by atoms with Gasteiger partial charge in [-0.2, -0.15) is 11.8 Å². The van der Waals surface area contributed by atoms with Crippen molar-refractivity contribution in [2.24, 2.45) is 0 Å². The van der Waals surface area contributed by atoms with Crippen LogP contribution in [0.4, 0.5) is 0 Å². The van der Waals surface area contributed by atoms with Crippen molar-refractivity contribution in [2.75, 3.05) is 12.9 Å². The monoisotopic (exact) mass is 341 g/mol. The second kappa shape index (κ2) is 6.06. The van der Waals surface area contributed by atoms with Gasteiger partial charge in [-0.05, 0) is 36.8 Å². The summed E-state index contributed by atoms with van der Waals surface area (Å²) in [6.07, 6.45) is 7.29. The molecule has 1 aromatic rings. The molecule has 19 heavy (non-hydrogen) atoms. The summed E-state index contributed by atoms with van der Waals surface area (Å²) in [6, 6.07) is 5.04. The molecule has 4 heteroatoms. The summed E-state index contributed by atoms with van der Waals surface area (Å²) < 4.78 is 6.95. The molecular weight excluding hydrogens is 322 g/mol. The van der Waals surface area contributed by atoms with Crippen LogP contribution in [0.5, 0.6) is 5.75 Å². The predicted molar refractivity (Wildman–Crippen MR) is 85.1 cm³/mol. The molecule has 2 unspecified atom stereocenters. The van der Waals surface area contributed by atoms with E-state index in [1.807, 2.05) is 11.8 Å². The number of hydrogen-bond donors (Lipinski definition) is 1. The Hall–Kier alpha value is -0.190. The van der Waals surface area contributed by atoms with Crippen molar-refractivity contribution in [1.29, 1.82) is 0 Å². The standard InChI is InChI=1S/C15H20BrNOS/c1-19-14-4-2-3-13(14)17-9-11-8-12(16)7-10-5-6-18-15(10)11/h7-8,13-14,17H,2-6,9H2,1H3. The van der Waals surface area contributed by atoms with Crippen LogP contribution in [0.3, 0.4) is 0 Å². The molecule has 0 aromatic heterocycles. The van der Waals surface area contributed by atoms with Crippen LogP contribution in [0.25, 0.3) is 0 Å². The van der Waals surface area contributed by atoms with E-state index in [1.165, 1.54) is 34.9 Å². The van der Waals surface area contributed by atoms with Crippen LogP contribution in [0, 0.1) is 0 Å². The Bertz CT molecular complexity index is 466. The van der Waals surface area contributed by atoms with Crippen LogP contribution in [0.1, 0.15) is 30.4 Å². The van der Waals surface area contributed by atoms with E-state index in [-0.39, 0.29) is 0 Å². The maximum Gasteiger partial charge on any atom is 0.127 e. The van der Waals surface area contributed by atoms with E-state index in [2.05, 4.69) is 39.6 Å². The van der Waals surface area contributed by atoms with Gasteiger partial charge in [0, 0.05) is 34.3 Å². The lowest BCUT2D eigenvalue weighted by Crippen LogP contribution is -2.33. The third kappa shape index (κ3) is 2.96. The van der Waals surface area contributed by atoms with Gasteiger partial charge >= 0.3 is 0 Å². The number of halogens is 1. The first-order valence-electron chi connectivity index (χ1n) is 6.98. The highest BCUT2D eigenvalue weighted by molar-refractivity contribution is 9.10. The summed E-state index contributed by atoms with van der Waals surface area (Å²) in [4.78, 5) is 0. The van der Waals surface area contributed by atoms with Crippen LogP contribution >= 0.6 is 27.7 Å². The first-order valence-corrected chi connectivity index (χ1v) is 9.06. The highest BCUT2D eigenvalue weighted by atomic mass is 79.9. The summed E-state index contributed by atoms with van der Waals surface area (Å²) in [5.74, 6) is 1.12. The molecule has 1 heterocycles. The number of thioether (sulfide) groups is 1. The smallest absolute Gasteiger partial charge is 0.127 e. The number of rotatable bonds is 4. The van der Waals surface area contributed by atoms with Crippen molar-refractivity contribution in [1.82, 2.24) is 5.32 Å².